The summed E-state index contributed by atoms with van der Waals surface area (Å²) in [5.74, 6) is -1.01. The molecule has 6 heteroatoms. The number of carbonyl (C=O) groups excluding carboxylic acids is 1. The zero-order valence-electron chi connectivity index (χ0n) is 8.86. The normalized spacial score (nSPS) is 9.56. The van der Waals surface area contributed by atoms with Gasteiger partial charge in [0.25, 0.3) is 0 Å². The molecular weight excluding hydrogens is 210 g/mol. The summed E-state index contributed by atoms with van der Waals surface area (Å²) in [6, 6.07) is 2.52. The van der Waals surface area contributed by atoms with E-state index in [1.54, 1.807) is 0 Å². The van der Waals surface area contributed by atoms with E-state index in [9.17, 15) is 9.59 Å². The largest absolute Gasteiger partial charge is 0.478 e. The van der Waals surface area contributed by atoms with Crippen LogP contribution in [0.15, 0.2) is 18.3 Å². The Kier molecular flexibility index (Phi) is 4.26. The van der Waals surface area contributed by atoms with Crippen LogP contribution in [0.5, 0.6) is 0 Å². The van der Waals surface area contributed by atoms with Crippen LogP contribution in [0.4, 0.5) is 4.79 Å². The van der Waals surface area contributed by atoms with E-state index in [1.165, 1.54) is 18.3 Å². The quantitative estimate of drug-likeness (QED) is 0.697. The van der Waals surface area contributed by atoms with Gasteiger partial charge in [-0.2, -0.15) is 0 Å². The molecule has 0 fully saturated rings. The van der Waals surface area contributed by atoms with Crippen molar-refractivity contribution >= 4 is 12.0 Å². The van der Waals surface area contributed by atoms with Crippen LogP contribution in [0.25, 0.3) is 0 Å². The number of rotatable bonds is 4. The van der Waals surface area contributed by atoms with E-state index < -0.39 is 5.97 Å². The van der Waals surface area contributed by atoms with Gasteiger partial charge in [-0.15, -0.1) is 0 Å². The third-order valence-electron chi connectivity index (χ3n) is 1.83. The molecule has 1 heterocycles. The number of carbonyl (C=O) groups is 2. The van der Waals surface area contributed by atoms with Crippen molar-refractivity contribution in [3.8, 4) is 0 Å². The number of nitrogens with zero attached hydrogens (tertiary/aromatic N) is 1. The number of aromatic carboxylic acids is 1. The van der Waals surface area contributed by atoms with Gasteiger partial charge in [0.05, 0.1) is 17.8 Å². The molecule has 0 saturated heterocycles. The zero-order chi connectivity index (χ0) is 12.0. The number of amides is 2. The van der Waals surface area contributed by atoms with Crippen molar-refractivity contribution in [2.24, 2.45) is 0 Å². The van der Waals surface area contributed by atoms with Crippen LogP contribution in [0.1, 0.15) is 23.0 Å². The average molecular weight is 223 g/mol. The molecule has 2 amide bonds. The van der Waals surface area contributed by atoms with Gasteiger partial charge >= 0.3 is 12.0 Å². The van der Waals surface area contributed by atoms with Crippen molar-refractivity contribution in [1.82, 2.24) is 15.6 Å². The van der Waals surface area contributed by atoms with E-state index in [0.29, 0.717) is 12.2 Å². The predicted octanol–water partition coefficient (Wildman–Crippen LogP) is 0.599. The first-order chi connectivity index (χ1) is 7.63. The first-order valence-corrected chi connectivity index (χ1v) is 4.83. The molecule has 0 saturated carbocycles. The van der Waals surface area contributed by atoms with Crippen molar-refractivity contribution in [2.75, 3.05) is 6.54 Å². The van der Waals surface area contributed by atoms with E-state index in [-0.39, 0.29) is 18.1 Å². The first-order valence-electron chi connectivity index (χ1n) is 4.83. The van der Waals surface area contributed by atoms with Crippen molar-refractivity contribution in [1.29, 1.82) is 0 Å². The Labute approximate surface area is 92.7 Å². The molecule has 6 nitrogen and oxygen atoms in total. The van der Waals surface area contributed by atoms with Gasteiger partial charge in [-0.05, 0) is 19.1 Å². The summed E-state index contributed by atoms with van der Waals surface area (Å²) < 4.78 is 0. The maximum absolute atomic E-state index is 11.1. The molecule has 1 rings (SSSR count). The molecule has 0 spiro atoms. The van der Waals surface area contributed by atoms with Gasteiger partial charge in [-0.1, -0.05) is 0 Å². The Hall–Kier alpha value is -2.11. The minimum Gasteiger partial charge on any atom is -0.478 e. The standard InChI is InChI=1S/C10H13N3O3/c1-2-11-10(16)13-6-8-5-7(9(14)15)3-4-12-8/h3-5H,2,6H2,1H3,(H,14,15)(H2,11,13,16). The SMILES string of the molecule is CCNC(=O)NCc1cc(C(=O)O)ccn1. The van der Waals surface area contributed by atoms with Crippen LogP contribution in [-0.2, 0) is 6.54 Å². The van der Waals surface area contributed by atoms with Crippen molar-refractivity contribution < 1.29 is 14.7 Å². The van der Waals surface area contributed by atoms with Gasteiger partial charge in [0.15, 0.2) is 0 Å². The van der Waals surface area contributed by atoms with Crippen LogP contribution in [0, 0.1) is 0 Å². The second-order valence-electron chi connectivity index (χ2n) is 3.05. The summed E-state index contributed by atoms with van der Waals surface area (Å²) in [6.45, 7) is 2.55. The van der Waals surface area contributed by atoms with Crippen LogP contribution in [-0.4, -0.2) is 28.6 Å². The second-order valence-corrected chi connectivity index (χ2v) is 3.05. The summed E-state index contributed by atoms with van der Waals surface area (Å²) in [5.41, 5.74) is 0.661. The van der Waals surface area contributed by atoms with Gasteiger partial charge in [0, 0.05) is 12.7 Å². The summed E-state index contributed by atoms with van der Waals surface area (Å²) in [5, 5.41) is 13.9. The number of nitrogens with one attached hydrogen (secondary N) is 2. The molecule has 0 unspecified atom stereocenters. The van der Waals surface area contributed by atoms with Crippen LogP contribution < -0.4 is 10.6 Å². The Morgan fingerprint density at radius 1 is 1.44 bits per heavy atom. The average Bonchev–Trinajstić information content (AvgIpc) is 2.27. The highest BCUT2D eigenvalue weighted by atomic mass is 16.4. The van der Waals surface area contributed by atoms with Gasteiger partial charge < -0.3 is 15.7 Å². The first kappa shape index (κ1) is 12.0. The van der Waals surface area contributed by atoms with Gasteiger partial charge in [-0.3, -0.25) is 4.98 Å². The fraction of sp³-hybridized carbons (Fsp3) is 0.300. The van der Waals surface area contributed by atoms with E-state index in [1.807, 2.05) is 6.92 Å². The lowest BCUT2D eigenvalue weighted by Crippen LogP contribution is -2.34. The maximum atomic E-state index is 11.1. The van der Waals surface area contributed by atoms with Crippen molar-refractivity contribution in [3.63, 3.8) is 0 Å². The highest BCUT2D eigenvalue weighted by Crippen LogP contribution is 2.01. The van der Waals surface area contributed by atoms with E-state index in [0.717, 1.165) is 0 Å². The Morgan fingerprint density at radius 2 is 2.19 bits per heavy atom. The lowest BCUT2D eigenvalue weighted by atomic mass is 10.2. The zero-order valence-corrected chi connectivity index (χ0v) is 8.86. The van der Waals surface area contributed by atoms with E-state index in [4.69, 9.17) is 5.11 Å². The molecule has 0 radical (unpaired) electrons. The van der Waals surface area contributed by atoms with Crippen molar-refractivity contribution in [3.05, 3.63) is 29.6 Å². The predicted molar refractivity (Wildman–Crippen MR) is 57.1 cm³/mol. The number of hydrogen-bond acceptors (Lipinski definition) is 3. The molecular formula is C10H13N3O3. The summed E-state index contributed by atoms with van der Waals surface area (Å²) in [7, 11) is 0. The number of hydrogen-bond donors (Lipinski definition) is 3. The Balaban J connectivity index is 2.57. The minimum atomic E-state index is -1.01. The maximum Gasteiger partial charge on any atom is 0.335 e. The van der Waals surface area contributed by atoms with Gasteiger partial charge in [0.2, 0.25) is 0 Å². The van der Waals surface area contributed by atoms with Crippen molar-refractivity contribution in [2.45, 2.75) is 13.5 Å². The molecule has 0 aliphatic heterocycles. The highest BCUT2D eigenvalue weighted by molar-refractivity contribution is 5.87. The molecule has 1 aromatic rings. The molecule has 16 heavy (non-hydrogen) atoms. The van der Waals surface area contributed by atoms with Gasteiger partial charge in [0.1, 0.15) is 0 Å². The van der Waals surface area contributed by atoms with Gasteiger partial charge in [-0.25, -0.2) is 9.59 Å². The summed E-state index contributed by atoms with van der Waals surface area (Å²) in [4.78, 5) is 25.7. The number of urea groups is 1. The van der Waals surface area contributed by atoms with E-state index in [2.05, 4.69) is 15.6 Å². The smallest absolute Gasteiger partial charge is 0.335 e. The van der Waals surface area contributed by atoms with Crippen LogP contribution in [0.3, 0.4) is 0 Å². The lowest BCUT2D eigenvalue weighted by Gasteiger charge is -2.05. The Bertz CT molecular complexity index is 393. The topological polar surface area (TPSA) is 91.3 Å². The fourth-order valence-electron chi connectivity index (χ4n) is 1.10. The number of pyridine rings is 1. The molecule has 0 aliphatic carbocycles. The third kappa shape index (κ3) is 3.56. The Morgan fingerprint density at radius 3 is 2.81 bits per heavy atom. The second kappa shape index (κ2) is 5.69. The molecule has 0 aromatic carbocycles. The number of carboxylic acids is 1. The third-order valence-corrected chi connectivity index (χ3v) is 1.83. The monoisotopic (exact) mass is 223 g/mol. The molecule has 0 atom stereocenters. The van der Waals surface area contributed by atoms with Crippen LogP contribution in [0.2, 0.25) is 0 Å². The highest BCUT2D eigenvalue weighted by Gasteiger charge is 2.05. The number of carboxylic acid groups (broad SMARTS) is 1. The molecule has 3 N–H and O–H groups in total. The molecule has 0 aliphatic rings. The summed E-state index contributed by atoms with van der Waals surface area (Å²) >= 11 is 0. The fourth-order valence-corrected chi connectivity index (χ4v) is 1.10. The molecule has 86 valence electrons. The lowest BCUT2D eigenvalue weighted by molar-refractivity contribution is 0.0696. The number of aromatic nitrogens is 1. The summed E-state index contributed by atoms with van der Waals surface area (Å²) in [6.07, 6.45) is 1.40. The molecule has 0 bridgehead atoms. The molecule has 1 aromatic heterocycles. The van der Waals surface area contributed by atoms with Crippen LogP contribution >= 0.6 is 0 Å². The van der Waals surface area contributed by atoms with E-state index >= 15 is 0 Å². The minimum absolute atomic E-state index is 0.155.